The Hall–Kier alpha value is -3.47. The van der Waals surface area contributed by atoms with Gasteiger partial charge in [0.15, 0.2) is 0 Å². The average Bonchev–Trinajstić information content (AvgIpc) is 3.30. The molecule has 1 saturated heterocycles. The summed E-state index contributed by atoms with van der Waals surface area (Å²) in [5, 5.41) is 0.0280. The fourth-order valence-corrected chi connectivity index (χ4v) is 4.66. The number of aryl methyl sites for hydroxylation is 1. The van der Waals surface area contributed by atoms with Crippen LogP contribution in [0.25, 0.3) is 10.9 Å². The number of aromatic nitrogens is 3. The Balaban J connectivity index is 1.77. The molecule has 10 nitrogen and oxygen atoms in total. The number of sulfonamides is 1. The van der Waals surface area contributed by atoms with Crippen LogP contribution in [0.1, 0.15) is 12.8 Å². The standard InChI is InChI=1S/C20H21N5O5S/c1-23-16-8-7-14(31(29,30)22-17-6-2-3-9-21-17)12-15(16)19(27)25(20(23)28)13-18(26)24-10-4-5-11-24/h2-3,6-9,12H,4-5,10-11,13H2,1H3,(H,21,22). The van der Waals surface area contributed by atoms with E-state index in [1.807, 2.05) is 0 Å². The van der Waals surface area contributed by atoms with Gasteiger partial charge in [-0.05, 0) is 43.2 Å². The van der Waals surface area contributed by atoms with Crippen molar-refractivity contribution >= 4 is 32.7 Å². The molecule has 0 spiro atoms. The van der Waals surface area contributed by atoms with E-state index in [1.54, 1.807) is 17.0 Å². The number of pyridine rings is 1. The predicted molar refractivity (Wildman–Crippen MR) is 114 cm³/mol. The molecule has 1 amide bonds. The summed E-state index contributed by atoms with van der Waals surface area (Å²) in [5.41, 5.74) is -1.07. The largest absolute Gasteiger partial charge is 0.341 e. The lowest BCUT2D eigenvalue weighted by Gasteiger charge is -2.17. The van der Waals surface area contributed by atoms with Crippen molar-refractivity contribution in [3.63, 3.8) is 0 Å². The molecule has 1 aliphatic rings. The van der Waals surface area contributed by atoms with Crippen LogP contribution in [0.5, 0.6) is 0 Å². The molecule has 2 aromatic heterocycles. The molecule has 11 heteroatoms. The number of carbonyl (C=O) groups excluding carboxylic acids is 1. The normalized spacial score (nSPS) is 14.2. The maximum Gasteiger partial charge on any atom is 0.331 e. The number of likely N-dealkylation sites (tertiary alicyclic amines) is 1. The van der Waals surface area contributed by atoms with E-state index in [0.29, 0.717) is 13.1 Å². The molecule has 1 N–H and O–H groups in total. The van der Waals surface area contributed by atoms with Gasteiger partial charge in [-0.1, -0.05) is 6.07 Å². The molecule has 4 rings (SSSR count). The van der Waals surface area contributed by atoms with E-state index < -0.39 is 21.3 Å². The van der Waals surface area contributed by atoms with Crippen LogP contribution in [0.2, 0.25) is 0 Å². The van der Waals surface area contributed by atoms with Crippen LogP contribution in [0.15, 0.2) is 57.1 Å². The highest BCUT2D eigenvalue weighted by atomic mass is 32.2. The first-order chi connectivity index (χ1) is 14.8. The van der Waals surface area contributed by atoms with Crippen LogP contribution in [-0.4, -0.2) is 46.4 Å². The molecular weight excluding hydrogens is 422 g/mol. The minimum Gasteiger partial charge on any atom is -0.341 e. The number of nitrogens with zero attached hydrogens (tertiary/aromatic N) is 4. The highest BCUT2D eigenvalue weighted by molar-refractivity contribution is 7.92. The average molecular weight is 443 g/mol. The van der Waals surface area contributed by atoms with Crippen molar-refractivity contribution in [2.45, 2.75) is 24.3 Å². The maximum absolute atomic E-state index is 13.0. The highest BCUT2D eigenvalue weighted by Gasteiger charge is 2.22. The third-order valence-corrected chi connectivity index (χ3v) is 6.64. The van der Waals surface area contributed by atoms with Crippen molar-refractivity contribution in [1.29, 1.82) is 0 Å². The number of hydrogen-bond donors (Lipinski definition) is 1. The van der Waals surface area contributed by atoms with Gasteiger partial charge in [0.1, 0.15) is 12.4 Å². The van der Waals surface area contributed by atoms with Crippen molar-refractivity contribution in [3.8, 4) is 0 Å². The van der Waals surface area contributed by atoms with E-state index in [0.717, 1.165) is 17.4 Å². The summed E-state index contributed by atoms with van der Waals surface area (Å²) in [4.78, 5) is 43.6. The molecule has 3 heterocycles. The molecule has 0 unspecified atom stereocenters. The van der Waals surface area contributed by atoms with Gasteiger partial charge < -0.3 is 4.90 Å². The maximum atomic E-state index is 13.0. The number of hydrogen-bond acceptors (Lipinski definition) is 6. The van der Waals surface area contributed by atoms with Crippen molar-refractivity contribution in [3.05, 3.63) is 63.4 Å². The number of anilines is 1. The molecule has 31 heavy (non-hydrogen) atoms. The molecule has 0 aliphatic carbocycles. The summed E-state index contributed by atoms with van der Waals surface area (Å²) in [5.74, 6) is -0.173. The number of fused-ring (bicyclic) bond motifs is 1. The third kappa shape index (κ3) is 3.96. The van der Waals surface area contributed by atoms with Gasteiger partial charge in [-0.2, -0.15) is 0 Å². The smallest absolute Gasteiger partial charge is 0.331 e. The van der Waals surface area contributed by atoms with Crippen LogP contribution in [0, 0.1) is 0 Å². The van der Waals surface area contributed by atoms with E-state index >= 15 is 0 Å². The number of amides is 1. The molecule has 0 radical (unpaired) electrons. The summed E-state index contributed by atoms with van der Waals surface area (Å²) >= 11 is 0. The third-order valence-electron chi connectivity index (χ3n) is 5.29. The second-order valence-corrected chi connectivity index (χ2v) is 9.00. The topological polar surface area (TPSA) is 123 Å². The Morgan fingerprint density at radius 1 is 1.13 bits per heavy atom. The van der Waals surface area contributed by atoms with Gasteiger partial charge in [0.2, 0.25) is 5.91 Å². The van der Waals surface area contributed by atoms with Crippen LogP contribution in [0.4, 0.5) is 5.82 Å². The lowest BCUT2D eigenvalue weighted by atomic mass is 10.2. The molecule has 162 valence electrons. The molecule has 3 aromatic rings. The fourth-order valence-electron chi connectivity index (χ4n) is 3.62. The zero-order chi connectivity index (χ0) is 22.2. The Morgan fingerprint density at radius 3 is 2.55 bits per heavy atom. The molecule has 0 atom stereocenters. The Labute approximate surface area is 177 Å². The van der Waals surface area contributed by atoms with Gasteiger partial charge >= 0.3 is 5.69 Å². The lowest BCUT2D eigenvalue weighted by molar-refractivity contribution is -0.130. The van der Waals surface area contributed by atoms with E-state index in [9.17, 15) is 22.8 Å². The first-order valence-electron chi connectivity index (χ1n) is 9.73. The van der Waals surface area contributed by atoms with Crippen LogP contribution >= 0.6 is 0 Å². The number of benzene rings is 1. The van der Waals surface area contributed by atoms with Crippen molar-refractivity contribution in [2.75, 3.05) is 17.8 Å². The molecule has 0 saturated carbocycles. The SMILES string of the molecule is Cn1c(=O)n(CC(=O)N2CCCC2)c(=O)c2cc(S(=O)(=O)Nc3ccccn3)ccc21. The number of nitrogens with one attached hydrogen (secondary N) is 1. The minimum atomic E-state index is -4.02. The van der Waals surface area contributed by atoms with Crippen molar-refractivity contribution in [1.82, 2.24) is 19.0 Å². The quantitative estimate of drug-likeness (QED) is 0.613. The Bertz CT molecular complexity index is 1370. The second kappa shape index (κ2) is 7.99. The minimum absolute atomic E-state index is 0.0280. The first kappa shape index (κ1) is 20.8. The first-order valence-corrected chi connectivity index (χ1v) is 11.2. The summed E-state index contributed by atoms with van der Waals surface area (Å²) in [6.07, 6.45) is 3.23. The van der Waals surface area contributed by atoms with Gasteiger partial charge in [0, 0.05) is 26.3 Å². The van der Waals surface area contributed by atoms with Gasteiger partial charge in [-0.25, -0.2) is 18.2 Å². The summed E-state index contributed by atoms with van der Waals surface area (Å²) in [6.45, 7) is 0.816. The lowest BCUT2D eigenvalue weighted by Crippen LogP contribution is -2.43. The highest BCUT2D eigenvalue weighted by Crippen LogP contribution is 2.18. The monoisotopic (exact) mass is 443 g/mol. The van der Waals surface area contributed by atoms with Gasteiger partial charge in [-0.15, -0.1) is 0 Å². The van der Waals surface area contributed by atoms with Crippen LogP contribution in [-0.2, 0) is 28.4 Å². The van der Waals surface area contributed by atoms with Gasteiger partial charge in [0.25, 0.3) is 15.6 Å². The van der Waals surface area contributed by atoms with Gasteiger partial charge in [0.05, 0.1) is 15.8 Å². The summed E-state index contributed by atoms with van der Waals surface area (Å²) < 4.78 is 29.9. The Kier molecular flexibility index (Phi) is 5.36. The summed E-state index contributed by atoms with van der Waals surface area (Å²) in [7, 11) is -2.54. The van der Waals surface area contributed by atoms with E-state index in [2.05, 4.69) is 9.71 Å². The van der Waals surface area contributed by atoms with E-state index in [-0.39, 0.29) is 34.1 Å². The summed E-state index contributed by atoms with van der Waals surface area (Å²) in [6, 6.07) is 8.71. The zero-order valence-corrected chi connectivity index (χ0v) is 17.6. The predicted octanol–water partition coefficient (Wildman–Crippen LogP) is 0.518. The van der Waals surface area contributed by atoms with E-state index in [4.69, 9.17) is 0 Å². The molecule has 0 bridgehead atoms. The van der Waals surface area contributed by atoms with Crippen LogP contribution in [0.3, 0.4) is 0 Å². The number of rotatable bonds is 5. The van der Waals surface area contributed by atoms with Gasteiger partial charge in [-0.3, -0.25) is 23.4 Å². The zero-order valence-electron chi connectivity index (χ0n) is 16.8. The molecule has 1 aromatic carbocycles. The fraction of sp³-hybridized carbons (Fsp3) is 0.300. The molecular formula is C20H21N5O5S. The molecule has 1 fully saturated rings. The number of carbonyl (C=O) groups is 1. The van der Waals surface area contributed by atoms with E-state index in [1.165, 1.54) is 42.1 Å². The van der Waals surface area contributed by atoms with Crippen LogP contribution < -0.4 is 16.0 Å². The van der Waals surface area contributed by atoms with Crippen molar-refractivity contribution in [2.24, 2.45) is 7.05 Å². The van der Waals surface area contributed by atoms with Crippen molar-refractivity contribution < 1.29 is 13.2 Å². The second-order valence-electron chi connectivity index (χ2n) is 7.32. The molecule has 1 aliphatic heterocycles. The Morgan fingerprint density at radius 2 is 1.87 bits per heavy atom.